The van der Waals surface area contributed by atoms with Crippen molar-refractivity contribution in [2.45, 2.75) is 19.4 Å². The Morgan fingerprint density at radius 1 is 1.18 bits per heavy atom. The molecule has 118 valence electrons. The molecular weight excluding hydrogens is 294 g/mol. The molecule has 2 aromatic rings. The molecular formula is C16H23N5S. The minimum atomic E-state index is 0.810. The third-order valence-corrected chi connectivity index (χ3v) is 3.86. The average molecular weight is 317 g/mol. The third kappa shape index (κ3) is 6.13. The first-order valence-electron chi connectivity index (χ1n) is 7.49. The van der Waals surface area contributed by atoms with Crippen LogP contribution in [0.2, 0.25) is 0 Å². The number of aliphatic imine (C=N–C) groups is 1. The van der Waals surface area contributed by atoms with Crippen molar-refractivity contribution in [2.75, 3.05) is 25.5 Å². The van der Waals surface area contributed by atoms with Crippen molar-refractivity contribution in [1.29, 1.82) is 0 Å². The van der Waals surface area contributed by atoms with Gasteiger partial charge in [0, 0.05) is 32.9 Å². The van der Waals surface area contributed by atoms with E-state index >= 15 is 0 Å². The monoisotopic (exact) mass is 317 g/mol. The number of thiophene rings is 1. The fourth-order valence-electron chi connectivity index (χ4n) is 1.94. The number of pyridine rings is 1. The summed E-state index contributed by atoms with van der Waals surface area (Å²) in [5.41, 5.74) is 1.28. The number of hydrogen-bond acceptors (Lipinski definition) is 4. The summed E-state index contributed by atoms with van der Waals surface area (Å²) in [5.74, 6) is 1.78. The quantitative estimate of drug-likeness (QED) is 0.398. The van der Waals surface area contributed by atoms with Gasteiger partial charge in [-0.25, -0.2) is 4.98 Å². The van der Waals surface area contributed by atoms with Gasteiger partial charge in [-0.15, -0.1) is 0 Å². The first-order chi connectivity index (χ1) is 10.9. The Hall–Kier alpha value is -2.08. The fourth-order valence-corrected chi connectivity index (χ4v) is 2.61. The second kappa shape index (κ2) is 9.78. The number of anilines is 1. The zero-order valence-corrected chi connectivity index (χ0v) is 13.7. The molecule has 2 heterocycles. The third-order valence-electron chi connectivity index (χ3n) is 3.13. The molecule has 3 N–H and O–H groups in total. The van der Waals surface area contributed by atoms with Crippen molar-refractivity contribution >= 4 is 23.1 Å². The normalized spacial score (nSPS) is 11.2. The van der Waals surface area contributed by atoms with Crippen molar-refractivity contribution in [1.82, 2.24) is 15.6 Å². The zero-order chi connectivity index (χ0) is 15.5. The molecule has 5 nitrogen and oxygen atoms in total. The van der Waals surface area contributed by atoms with Gasteiger partial charge in [0.15, 0.2) is 5.96 Å². The Balaban J connectivity index is 1.53. The Kier molecular flexibility index (Phi) is 7.25. The van der Waals surface area contributed by atoms with E-state index in [9.17, 15) is 0 Å². The highest BCUT2D eigenvalue weighted by atomic mass is 32.1. The van der Waals surface area contributed by atoms with Crippen LogP contribution in [0.5, 0.6) is 0 Å². The smallest absolute Gasteiger partial charge is 0.191 e. The largest absolute Gasteiger partial charge is 0.370 e. The fraction of sp³-hybridized carbons (Fsp3) is 0.375. The molecule has 0 spiro atoms. The van der Waals surface area contributed by atoms with E-state index < -0.39 is 0 Å². The van der Waals surface area contributed by atoms with Gasteiger partial charge in [0.1, 0.15) is 5.82 Å². The molecule has 0 aliphatic heterocycles. The summed E-state index contributed by atoms with van der Waals surface area (Å²) in [6.07, 6.45) is 3.97. The maximum atomic E-state index is 4.23. The van der Waals surface area contributed by atoms with E-state index in [0.717, 1.165) is 44.3 Å². The highest BCUT2D eigenvalue weighted by Gasteiger charge is 1.98. The van der Waals surface area contributed by atoms with Crippen LogP contribution in [-0.2, 0) is 6.54 Å². The van der Waals surface area contributed by atoms with Crippen LogP contribution < -0.4 is 16.0 Å². The van der Waals surface area contributed by atoms with E-state index in [1.54, 1.807) is 24.6 Å². The molecule has 0 amide bonds. The maximum Gasteiger partial charge on any atom is 0.191 e. The lowest BCUT2D eigenvalue weighted by atomic mass is 10.3. The summed E-state index contributed by atoms with van der Waals surface area (Å²) in [4.78, 5) is 8.46. The van der Waals surface area contributed by atoms with Crippen molar-refractivity contribution in [3.05, 3.63) is 46.8 Å². The summed E-state index contributed by atoms with van der Waals surface area (Å²) in [7, 11) is 1.80. The Labute approximate surface area is 135 Å². The minimum Gasteiger partial charge on any atom is -0.370 e. The standard InChI is InChI=1S/C16H23N5S/c1-17-16(21-12-14-7-11-22-13-14)20-10-5-4-9-19-15-6-2-3-8-18-15/h2-3,6-8,11,13H,4-5,9-10,12H2,1H3,(H,18,19)(H2,17,20,21). The van der Waals surface area contributed by atoms with Gasteiger partial charge in [0.2, 0.25) is 0 Å². The van der Waals surface area contributed by atoms with Crippen LogP contribution in [0.3, 0.4) is 0 Å². The van der Waals surface area contributed by atoms with E-state index in [0.29, 0.717) is 0 Å². The number of nitrogens with zero attached hydrogens (tertiary/aromatic N) is 2. The molecule has 0 atom stereocenters. The van der Waals surface area contributed by atoms with Crippen LogP contribution >= 0.6 is 11.3 Å². The highest BCUT2D eigenvalue weighted by molar-refractivity contribution is 7.07. The molecule has 0 unspecified atom stereocenters. The van der Waals surface area contributed by atoms with E-state index in [4.69, 9.17) is 0 Å². The number of aromatic nitrogens is 1. The first kappa shape index (κ1) is 16.3. The lowest BCUT2D eigenvalue weighted by Crippen LogP contribution is -2.37. The first-order valence-corrected chi connectivity index (χ1v) is 8.43. The van der Waals surface area contributed by atoms with Crippen molar-refractivity contribution in [3.63, 3.8) is 0 Å². The van der Waals surface area contributed by atoms with E-state index in [-0.39, 0.29) is 0 Å². The highest BCUT2D eigenvalue weighted by Crippen LogP contribution is 2.04. The van der Waals surface area contributed by atoms with E-state index in [1.807, 2.05) is 18.2 Å². The summed E-state index contributed by atoms with van der Waals surface area (Å²) < 4.78 is 0. The van der Waals surface area contributed by atoms with Gasteiger partial charge in [0.25, 0.3) is 0 Å². The van der Waals surface area contributed by atoms with Crippen LogP contribution in [-0.4, -0.2) is 31.1 Å². The number of hydrogen-bond donors (Lipinski definition) is 3. The molecule has 0 aliphatic carbocycles. The van der Waals surface area contributed by atoms with Gasteiger partial charge >= 0.3 is 0 Å². The molecule has 0 bridgehead atoms. The Morgan fingerprint density at radius 2 is 2.09 bits per heavy atom. The molecule has 0 saturated carbocycles. The van der Waals surface area contributed by atoms with Gasteiger partial charge in [-0.05, 0) is 47.4 Å². The van der Waals surface area contributed by atoms with Crippen LogP contribution in [0.25, 0.3) is 0 Å². The zero-order valence-electron chi connectivity index (χ0n) is 12.9. The van der Waals surface area contributed by atoms with Crippen molar-refractivity contribution in [3.8, 4) is 0 Å². The Bertz CT molecular complexity index is 539. The van der Waals surface area contributed by atoms with Gasteiger partial charge < -0.3 is 16.0 Å². The summed E-state index contributed by atoms with van der Waals surface area (Å²) in [5, 5.41) is 14.2. The number of rotatable bonds is 8. The molecule has 2 rings (SSSR count). The van der Waals surface area contributed by atoms with Gasteiger partial charge in [0.05, 0.1) is 0 Å². The SMILES string of the molecule is CN=C(NCCCCNc1ccccn1)NCc1ccsc1. The van der Waals surface area contributed by atoms with Gasteiger partial charge in [-0.2, -0.15) is 11.3 Å². The molecule has 2 aromatic heterocycles. The molecule has 0 radical (unpaired) electrons. The van der Waals surface area contributed by atoms with Crippen LogP contribution in [0.4, 0.5) is 5.82 Å². The lowest BCUT2D eigenvalue weighted by molar-refractivity contribution is 0.711. The van der Waals surface area contributed by atoms with Crippen molar-refractivity contribution < 1.29 is 0 Å². The van der Waals surface area contributed by atoms with E-state index in [1.165, 1.54) is 5.56 Å². The predicted molar refractivity (Wildman–Crippen MR) is 94.5 cm³/mol. The van der Waals surface area contributed by atoms with Crippen LogP contribution in [0.1, 0.15) is 18.4 Å². The van der Waals surface area contributed by atoms with Gasteiger partial charge in [-0.3, -0.25) is 4.99 Å². The molecule has 0 aliphatic rings. The Morgan fingerprint density at radius 3 is 2.82 bits per heavy atom. The lowest BCUT2D eigenvalue weighted by Gasteiger charge is -2.11. The topological polar surface area (TPSA) is 61.3 Å². The number of nitrogens with one attached hydrogen (secondary N) is 3. The number of unbranched alkanes of at least 4 members (excludes halogenated alkanes) is 1. The second-order valence-electron chi connectivity index (χ2n) is 4.83. The summed E-state index contributed by atoms with van der Waals surface area (Å²) >= 11 is 1.71. The van der Waals surface area contributed by atoms with Crippen molar-refractivity contribution in [2.24, 2.45) is 4.99 Å². The molecule has 6 heteroatoms. The second-order valence-corrected chi connectivity index (χ2v) is 5.61. The van der Waals surface area contributed by atoms with Gasteiger partial charge in [-0.1, -0.05) is 6.07 Å². The molecule has 0 aromatic carbocycles. The average Bonchev–Trinajstić information content (AvgIpc) is 3.08. The molecule has 0 saturated heterocycles. The maximum absolute atomic E-state index is 4.23. The molecule has 0 fully saturated rings. The number of guanidine groups is 1. The summed E-state index contributed by atoms with van der Waals surface area (Å²) in [6, 6.07) is 8.01. The predicted octanol–water partition coefficient (Wildman–Crippen LogP) is 2.70. The van der Waals surface area contributed by atoms with Crippen LogP contribution in [0, 0.1) is 0 Å². The minimum absolute atomic E-state index is 0.810. The molecule has 22 heavy (non-hydrogen) atoms. The van der Waals surface area contributed by atoms with Crippen LogP contribution in [0.15, 0.2) is 46.2 Å². The summed E-state index contributed by atoms with van der Waals surface area (Å²) in [6.45, 7) is 2.65. The van der Waals surface area contributed by atoms with E-state index in [2.05, 4.69) is 42.8 Å².